The second-order valence-corrected chi connectivity index (χ2v) is 8.45. The van der Waals surface area contributed by atoms with Gasteiger partial charge in [0.25, 0.3) is 11.5 Å². The van der Waals surface area contributed by atoms with Gasteiger partial charge in [0, 0.05) is 24.4 Å². The molecule has 1 N–H and O–H groups in total. The van der Waals surface area contributed by atoms with E-state index in [1.54, 1.807) is 18.3 Å². The molecule has 4 aromatic rings. The maximum Gasteiger partial charge on any atom is 0.263 e. The van der Waals surface area contributed by atoms with Crippen LogP contribution >= 0.6 is 0 Å². The summed E-state index contributed by atoms with van der Waals surface area (Å²) >= 11 is 0. The van der Waals surface area contributed by atoms with Crippen molar-refractivity contribution in [1.29, 1.82) is 5.26 Å². The monoisotopic (exact) mass is 495 g/mol. The second-order valence-electron chi connectivity index (χ2n) is 8.45. The zero-order valence-electron chi connectivity index (χ0n) is 19.4. The summed E-state index contributed by atoms with van der Waals surface area (Å²) in [7, 11) is 0. The van der Waals surface area contributed by atoms with E-state index in [2.05, 4.69) is 21.4 Å². The van der Waals surface area contributed by atoms with Crippen LogP contribution in [0.15, 0.2) is 77.9 Å². The van der Waals surface area contributed by atoms with Crippen LogP contribution in [0.3, 0.4) is 0 Å². The van der Waals surface area contributed by atoms with E-state index in [0.717, 1.165) is 34.5 Å². The number of benzene rings is 1. The van der Waals surface area contributed by atoms with Crippen LogP contribution in [0.4, 0.5) is 8.78 Å². The molecule has 1 amide bonds. The Morgan fingerprint density at radius 3 is 2.78 bits per heavy atom. The standard InChI is InChI=1S/C28H19F2N5O2/c29-24-7-5-17(11-25(24)30)16-35-10-2-4-23(28(35)37)27(36)33-15-20-13-18(12-19(14-31)34-20)21-6-8-26-22(21)3-1-9-32-26/h1-7,9-13H,8,15-16H2,(H,33,36). The minimum atomic E-state index is -1.01. The molecule has 37 heavy (non-hydrogen) atoms. The van der Waals surface area contributed by atoms with Crippen LogP contribution in [0.5, 0.6) is 0 Å². The lowest BCUT2D eigenvalue weighted by Crippen LogP contribution is -2.33. The van der Waals surface area contributed by atoms with Crippen LogP contribution in [0.1, 0.15) is 44.1 Å². The third-order valence-corrected chi connectivity index (χ3v) is 6.02. The van der Waals surface area contributed by atoms with E-state index in [-0.39, 0.29) is 24.3 Å². The van der Waals surface area contributed by atoms with Crippen molar-refractivity contribution in [3.63, 3.8) is 0 Å². The zero-order chi connectivity index (χ0) is 25.9. The van der Waals surface area contributed by atoms with Crippen LogP contribution in [-0.4, -0.2) is 20.4 Å². The number of nitrogens with zero attached hydrogens (tertiary/aromatic N) is 4. The van der Waals surface area contributed by atoms with E-state index < -0.39 is 23.1 Å². The van der Waals surface area contributed by atoms with Crippen molar-refractivity contribution in [3.8, 4) is 6.07 Å². The lowest BCUT2D eigenvalue weighted by atomic mass is 10.0. The predicted molar refractivity (Wildman–Crippen MR) is 131 cm³/mol. The van der Waals surface area contributed by atoms with Crippen molar-refractivity contribution in [2.24, 2.45) is 0 Å². The quantitative estimate of drug-likeness (QED) is 0.439. The van der Waals surface area contributed by atoms with Gasteiger partial charge in [0.15, 0.2) is 11.6 Å². The minimum absolute atomic E-state index is 0.00790. The molecule has 0 radical (unpaired) electrons. The van der Waals surface area contributed by atoms with Crippen LogP contribution in [0.2, 0.25) is 0 Å². The van der Waals surface area contributed by atoms with Gasteiger partial charge in [-0.15, -0.1) is 0 Å². The number of carbonyl (C=O) groups is 1. The van der Waals surface area contributed by atoms with Crippen LogP contribution in [-0.2, 0) is 19.5 Å². The second kappa shape index (κ2) is 9.95. The molecule has 0 bridgehead atoms. The Labute approximate surface area is 210 Å². The van der Waals surface area contributed by atoms with Crippen molar-refractivity contribution in [2.75, 3.05) is 0 Å². The Balaban J connectivity index is 1.35. The minimum Gasteiger partial charge on any atom is -0.346 e. The first-order chi connectivity index (χ1) is 17.9. The normalized spacial score (nSPS) is 12.0. The van der Waals surface area contributed by atoms with Gasteiger partial charge < -0.3 is 9.88 Å². The van der Waals surface area contributed by atoms with Gasteiger partial charge in [-0.2, -0.15) is 5.26 Å². The molecule has 0 fully saturated rings. The first kappa shape index (κ1) is 23.8. The zero-order valence-corrected chi connectivity index (χ0v) is 19.4. The van der Waals surface area contributed by atoms with E-state index in [9.17, 15) is 23.6 Å². The summed E-state index contributed by atoms with van der Waals surface area (Å²) in [5.74, 6) is -2.62. The third-order valence-electron chi connectivity index (χ3n) is 6.02. The number of halogens is 2. The van der Waals surface area contributed by atoms with E-state index in [0.29, 0.717) is 17.7 Å². The average Bonchev–Trinajstić information content (AvgIpc) is 3.35. The van der Waals surface area contributed by atoms with Gasteiger partial charge in [-0.25, -0.2) is 13.8 Å². The summed E-state index contributed by atoms with van der Waals surface area (Å²) in [6.45, 7) is -0.0379. The SMILES string of the molecule is N#Cc1cc(C2=CCc3ncccc32)cc(CNC(=O)c2cccn(Cc3ccc(F)c(F)c3)c2=O)n1. The number of nitriles is 1. The number of nitrogens with one attached hydrogen (secondary N) is 1. The number of rotatable bonds is 6. The molecule has 3 aromatic heterocycles. The molecule has 5 rings (SSSR count). The molecule has 0 aliphatic heterocycles. The first-order valence-electron chi connectivity index (χ1n) is 11.4. The van der Waals surface area contributed by atoms with Gasteiger partial charge >= 0.3 is 0 Å². The first-order valence-corrected chi connectivity index (χ1v) is 11.4. The fraction of sp³-hybridized carbons (Fsp3) is 0.107. The predicted octanol–water partition coefficient (Wildman–Crippen LogP) is 3.75. The highest BCUT2D eigenvalue weighted by Crippen LogP contribution is 2.31. The third kappa shape index (κ3) is 4.90. The van der Waals surface area contributed by atoms with Crippen LogP contribution in [0.25, 0.3) is 5.57 Å². The van der Waals surface area contributed by atoms with Crippen molar-refractivity contribution < 1.29 is 13.6 Å². The summed E-state index contributed by atoms with van der Waals surface area (Å²) in [6, 6.07) is 15.6. The molecule has 1 aliphatic rings. The highest BCUT2D eigenvalue weighted by Gasteiger charge is 2.18. The summed E-state index contributed by atoms with van der Waals surface area (Å²) in [5, 5.41) is 12.2. The van der Waals surface area contributed by atoms with Gasteiger partial charge in [-0.05, 0) is 59.2 Å². The van der Waals surface area contributed by atoms with E-state index in [4.69, 9.17) is 0 Å². The Hall–Kier alpha value is -4.97. The van der Waals surface area contributed by atoms with Crippen molar-refractivity contribution in [1.82, 2.24) is 19.9 Å². The fourth-order valence-electron chi connectivity index (χ4n) is 4.25. The number of hydrogen-bond acceptors (Lipinski definition) is 5. The summed E-state index contributed by atoms with van der Waals surface area (Å²) in [6.07, 6.45) is 5.93. The molecule has 0 saturated carbocycles. The molecular weight excluding hydrogens is 476 g/mol. The molecule has 0 spiro atoms. The summed E-state index contributed by atoms with van der Waals surface area (Å²) in [5.41, 5.74) is 4.01. The Bertz CT molecular complexity index is 1670. The molecule has 1 aliphatic carbocycles. The molecule has 0 atom stereocenters. The molecule has 3 heterocycles. The lowest BCUT2D eigenvalue weighted by molar-refractivity contribution is 0.0948. The van der Waals surface area contributed by atoms with Crippen molar-refractivity contribution in [2.45, 2.75) is 19.5 Å². The fourth-order valence-corrected chi connectivity index (χ4v) is 4.25. The number of amides is 1. The highest BCUT2D eigenvalue weighted by molar-refractivity contribution is 5.93. The van der Waals surface area contributed by atoms with Crippen molar-refractivity contribution >= 4 is 11.5 Å². The van der Waals surface area contributed by atoms with Crippen LogP contribution in [0, 0.1) is 23.0 Å². The molecule has 0 unspecified atom stereocenters. The molecule has 182 valence electrons. The number of pyridine rings is 3. The average molecular weight is 495 g/mol. The van der Waals surface area contributed by atoms with E-state index in [1.807, 2.05) is 18.2 Å². The van der Waals surface area contributed by atoms with Gasteiger partial charge in [0.2, 0.25) is 0 Å². The van der Waals surface area contributed by atoms with E-state index >= 15 is 0 Å². The number of aromatic nitrogens is 3. The van der Waals surface area contributed by atoms with Gasteiger partial charge in [0.05, 0.1) is 24.5 Å². The molecule has 0 saturated heterocycles. The topological polar surface area (TPSA) is 101 Å². The Morgan fingerprint density at radius 2 is 1.97 bits per heavy atom. The van der Waals surface area contributed by atoms with Gasteiger partial charge in [-0.3, -0.25) is 14.6 Å². The van der Waals surface area contributed by atoms with Crippen LogP contribution < -0.4 is 10.9 Å². The van der Waals surface area contributed by atoms with E-state index in [1.165, 1.54) is 29.0 Å². The molecule has 9 heteroatoms. The maximum atomic E-state index is 13.5. The smallest absolute Gasteiger partial charge is 0.263 e. The summed E-state index contributed by atoms with van der Waals surface area (Å²) in [4.78, 5) is 34.4. The van der Waals surface area contributed by atoms with Gasteiger partial charge in [0.1, 0.15) is 17.3 Å². The van der Waals surface area contributed by atoms with Gasteiger partial charge in [-0.1, -0.05) is 18.2 Å². The van der Waals surface area contributed by atoms with Crippen molar-refractivity contribution in [3.05, 3.63) is 134 Å². The number of allylic oxidation sites excluding steroid dienone is 1. The molecular formula is C28H19F2N5O2. The number of carbonyl (C=O) groups excluding carboxylic acids is 1. The largest absolute Gasteiger partial charge is 0.346 e. The lowest BCUT2D eigenvalue weighted by Gasteiger charge is -2.11. The molecule has 7 nitrogen and oxygen atoms in total. The Morgan fingerprint density at radius 1 is 1.11 bits per heavy atom. The molecule has 1 aromatic carbocycles. The summed E-state index contributed by atoms with van der Waals surface area (Å²) < 4.78 is 28.0. The Kier molecular flexibility index (Phi) is 6.39. The highest BCUT2D eigenvalue weighted by atomic mass is 19.2. The maximum absolute atomic E-state index is 13.5. The number of fused-ring (bicyclic) bond motifs is 1. The number of hydrogen-bond donors (Lipinski definition) is 1.